The molecule has 2 fully saturated rings. The van der Waals surface area contributed by atoms with Crippen LogP contribution in [0.4, 0.5) is 0 Å². The normalized spacial score (nSPS) is 22.8. The van der Waals surface area contributed by atoms with Crippen molar-refractivity contribution >= 4 is 15.9 Å². The van der Waals surface area contributed by atoms with Crippen LogP contribution in [0, 0.1) is 0 Å². The Labute approximate surface area is 148 Å². The van der Waals surface area contributed by atoms with Crippen molar-refractivity contribution in [2.45, 2.75) is 17.4 Å². The molecule has 2 aliphatic heterocycles. The van der Waals surface area contributed by atoms with E-state index >= 15 is 0 Å². The van der Waals surface area contributed by atoms with Crippen LogP contribution in [0.1, 0.15) is 16.8 Å². The largest absolute Gasteiger partial charge is 0.496 e. The Bertz CT molecular complexity index is 747. The van der Waals surface area contributed by atoms with Gasteiger partial charge in [-0.2, -0.15) is 4.31 Å². The van der Waals surface area contributed by atoms with Crippen molar-refractivity contribution in [1.29, 1.82) is 0 Å². The first-order chi connectivity index (χ1) is 11.9. The standard InChI is InChI=1S/C16H24N4O4S/c1-24-15-3-2-13(10-14(15)16(17)21)25(22,23)20-7-4-12(11-20)19-8-5-18-6-9-19/h2-3,10,12,18H,4-9,11H2,1H3,(H2,17,21). The summed E-state index contributed by atoms with van der Waals surface area (Å²) in [6.45, 7) is 4.70. The predicted molar refractivity (Wildman–Crippen MR) is 93.1 cm³/mol. The second kappa shape index (κ2) is 7.28. The third kappa shape index (κ3) is 3.64. The number of rotatable bonds is 5. The van der Waals surface area contributed by atoms with Crippen LogP contribution in [-0.4, -0.2) is 76.0 Å². The van der Waals surface area contributed by atoms with Gasteiger partial charge in [0, 0.05) is 45.3 Å². The summed E-state index contributed by atoms with van der Waals surface area (Å²) < 4.78 is 32.4. The highest BCUT2D eigenvalue weighted by Gasteiger charge is 2.35. The fraction of sp³-hybridized carbons (Fsp3) is 0.562. The van der Waals surface area contributed by atoms with Crippen molar-refractivity contribution in [3.63, 3.8) is 0 Å². The molecule has 8 nitrogen and oxygen atoms in total. The molecule has 1 unspecified atom stereocenters. The molecule has 2 aliphatic rings. The van der Waals surface area contributed by atoms with Gasteiger partial charge in [-0.3, -0.25) is 9.69 Å². The highest BCUT2D eigenvalue weighted by Crippen LogP contribution is 2.27. The summed E-state index contributed by atoms with van der Waals surface area (Å²) in [4.78, 5) is 14.0. The Morgan fingerprint density at radius 1 is 1.28 bits per heavy atom. The van der Waals surface area contributed by atoms with Crippen molar-refractivity contribution in [3.8, 4) is 5.75 Å². The summed E-state index contributed by atoms with van der Waals surface area (Å²) in [6, 6.07) is 4.47. The minimum Gasteiger partial charge on any atom is -0.496 e. The molecule has 138 valence electrons. The molecule has 9 heteroatoms. The molecule has 0 aliphatic carbocycles. The zero-order valence-electron chi connectivity index (χ0n) is 14.3. The fourth-order valence-corrected chi connectivity index (χ4v) is 4.98. The van der Waals surface area contributed by atoms with Gasteiger partial charge >= 0.3 is 0 Å². The van der Waals surface area contributed by atoms with Crippen molar-refractivity contribution < 1.29 is 17.9 Å². The topological polar surface area (TPSA) is 105 Å². The number of benzene rings is 1. The molecular formula is C16H24N4O4S. The fourth-order valence-electron chi connectivity index (χ4n) is 3.46. The van der Waals surface area contributed by atoms with E-state index in [1.165, 1.54) is 29.6 Å². The predicted octanol–water partition coefficient (Wildman–Crippen LogP) is -0.538. The van der Waals surface area contributed by atoms with Gasteiger partial charge in [-0.15, -0.1) is 0 Å². The first kappa shape index (κ1) is 18.1. The van der Waals surface area contributed by atoms with Crippen LogP contribution >= 0.6 is 0 Å². The number of methoxy groups -OCH3 is 1. The van der Waals surface area contributed by atoms with E-state index in [1.54, 1.807) is 0 Å². The van der Waals surface area contributed by atoms with E-state index in [1.807, 2.05) is 0 Å². The van der Waals surface area contributed by atoms with Gasteiger partial charge in [-0.1, -0.05) is 0 Å². The van der Waals surface area contributed by atoms with E-state index in [-0.39, 0.29) is 22.3 Å². The molecule has 0 aromatic heterocycles. The Morgan fingerprint density at radius 3 is 2.64 bits per heavy atom. The summed E-state index contributed by atoms with van der Waals surface area (Å²) in [7, 11) is -2.25. The number of nitrogens with one attached hydrogen (secondary N) is 1. The van der Waals surface area contributed by atoms with Crippen molar-refractivity contribution in [2.24, 2.45) is 5.73 Å². The maximum Gasteiger partial charge on any atom is 0.252 e. The molecule has 1 amide bonds. The van der Waals surface area contributed by atoms with Crippen LogP contribution in [0.3, 0.4) is 0 Å². The summed E-state index contributed by atoms with van der Waals surface area (Å²) in [6.07, 6.45) is 0.818. The number of carbonyl (C=O) groups excluding carboxylic acids is 1. The van der Waals surface area contributed by atoms with Crippen LogP contribution in [0.15, 0.2) is 23.1 Å². The van der Waals surface area contributed by atoms with Gasteiger partial charge in [0.25, 0.3) is 5.91 Å². The smallest absolute Gasteiger partial charge is 0.252 e. The molecule has 0 radical (unpaired) electrons. The monoisotopic (exact) mass is 368 g/mol. The molecule has 25 heavy (non-hydrogen) atoms. The maximum absolute atomic E-state index is 12.9. The van der Waals surface area contributed by atoms with Gasteiger partial charge in [0.05, 0.1) is 17.6 Å². The van der Waals surface area contributed by atoms with Crippen LogP contribution in [0.2, 0.25) is 0 Å². The molecular weight excluding hydrogens is 344 g/mol. The summed E-state index contributed by atoms with van der Waals surface area (Å²) >= 11 is 0. The summed E-state index contributed by atoms with van der Waals surface area (Å²) in [5.74, 6) is -0.444. The number of hydrogen-bond donors (Lipinski definition) is 2. The van der Waals surface area contributed by atoms with E-state index in [0.717, 1.165) is 32.6 Å². The lowest BCUT2D eigenvalue weighted by molar-refractivity contribution is 0.0997. The zero-order valence-corrected chi connectivity index (χ0v) is 15.1. The Balaban J connectivity index is 1.80. The van der Waals surface area contributed by atoms with E-state index in [9.17, 15) is 13.2 Å². The molecule has 2 heterocycles. The maximum atomic E-state index is 12.9. The average Bonchev–Trinajstić information content (AvgIpc) is 3.12. The molecule has 3 rings (SSSR count). The molecule has 3 N–H and O–H groups in total. The second-order valence-corrected chi connectivity index (χ2v) is 8.26. The number of nitrogens with zero attached hydrogens (tertiary/aromatic N) is 2. The van der Waals surface area contributed by atoms with Gasteiger partial charge in [0.1, 0.15) is 5.75 Å². The van der Waals surface area contributed by atoms with E-state index < -0.39 is 15.9 Å². The SMILES string of the molecule is COc1ccc(S(=O)(=O)N2CCC(N3CCNCC3)C2)cc1C(N)=O. The van der Waals surface area contributed by atoms with Gasteiger partial charge in [0.2, 0.25) is 10.0 Å². The molecule has 0 saturated carbocycles. The van der Waals surface area contributed by atoms with Crippen LogP contribution in [0.5, 0.6) is 5.75 Å². The highest BCUT2D eigenvalue weighted by molar-refractivity contribution is 7.89. The average molecular weight is 368 g/mol. The number of hydrogen-bond acceptors (Lipinski definition) is 6. The number of piperazine rings is 1. The third-order valence-corrected chi connectivity index (χ3v) is 6.73. The van der Waals surface area contributed by atoms with E-state index in [0.29, 0.717) is 13.1 Å². The first-order valence-corrected chi connectivity index (χ1v) is 9.80. The molecule has 1 aromatic rings. The lowest BCUT2D eigenvalue weighted by Gasteiger charge is -2.32. The Hall–Kier alpha value is -1.68. The van der Waals surface area contributed by atoms with E-state index in [2.05, 4.69) is 10.2 Å². The van der Waals surface area contributed by atoms with E-state index in [4.69, 9.17) is 10.5 Å². The van der Waals surface area contributed by atoms with Crippen molar-refractivity contribution in [3.05, 3.63) is 23.8 Å². The highest BCUT2D eigenvalue weighted by atomic mass is 32.2. The van der Waals surface area contributed by atoms with Gasteiger partial charge in [-0.05, 0) is 24.6 Å². The number of primary amides is 1. The minimum absolute atomic E-state index is 0.0708. The number of ether oxygens (including phenoxy) is 1. The van der Waals surface area contributed by atoms with Crippen LogP contribution < -0.4 is 15.8 Å². The van der Waals surface area contributed by atoms with Gasteiger partial charge < -0.3 is 15.8 Å². The number of nitrogens with two attached hydrogens (primary N) is 1. The number of carbonyl (C=O) groups is 1. The quantitative estimate of drug-likeness (QED) is 0.723. The van der Waals surface area contributed by atoms with Crippen molar-refractivity contribution in [2.75, 3.05) is 46.4 Å². The molecule has 1 atom stereocenters. The summed E-state index contributed by atoms with van der Waals surface area (Å²) in [5, 5.41) is 3.30. The van der Waals surface area contributed by atoms with Gasteiger partial charge in [0.15, 0.2) is 0 Å². The lowest BCUT2D eigenvalue weighted by atomic mass is 10.2. The Kier molecular flexibility index (Phi) is 5.28. The zero-order chi connectivity index (χ0) is 18.0. The molecule has 0 bridgehead atoms. The van der Waals surface area contributed by atoms with Crippen LogP contribution in [-0.2, 0) is 10.0 Å². The second-order valence-electron chi connectivity index (χ2n) is 6.32. The van der Waals surface area contributed by atoms with Crippen molar-refractivity contribution in [1.82, 2.24) is 14.5 Å². The molecule has 0 spiro atoms. The molecule has 2 saturated heterocycles. The lowest BCUT2D eigenvalue weighted by Crippen LogP contribution is -2.49. The molecule has 1 aromatic carbocycles. The first-order valence-electron chi connectivity index (χ1n) is 8.36. The van der Waals surface area contributed by atoms with Crippen LogP contribution in [0.25, 0.3) is 0 Å². The Morgan fingerprint density at radius 2 is 2.00 bits per heavy atom. The summed E-state index contributed by atoms with van der Waals surface area (Å²) in [5.41, 5.74) is 5.41. The number of amides is 1. The third-order valence-electron chi connectivity index (χ3n) is 4.87. The minimum atomic E-state index is -3.66. The number of sulfonamides is 1. The van der Waals surface area contributed by atoms with Gasteiger partial charge in [-0.25, -0.2) is 8.42 Å².